The minimum Gasteiger partial charge on any atom is -0.321 e. The zero-order valence-corrected chi connectivity index (χ0v) is 11.2. The molecule has 2 heterocycles. The number of nitrogens with zero attached hydrogens (tertiary/aromatic N) is 3. The molecule has 0 aliphatic carbocycles. The quantitative estimate of drug-likeness (QED) is 0.795. The second-order valence-electron chi connectivity index (χ2n) is 4.44. The summed E-state index contributed by atoms with van der Waals surface area (Å²) < 4.78 is 14.8. The average Bonchev–Trinajstić information content (AvgIpc) is 2.85. The predicted molar refractivity (Wildman–Crippen MR) is 70.1 cm³/mol. The molecule has 0 fully saturated rings. The summed E-state index contributed by atoms with van der Waals surface area (Å²) >= 11 is 5.88. The lowest BCUT2D eigenvalue weighted by molar-refractivity contribution is -0.114. The highest BCUT2D eigenvalue weighted by atomic mass is 35.5. The summed E-state index contributed by atoms with van der Waals surface area (Å²) in [6.45, 7) is 0.104. The van der Waals surface area contributed by atoms with Gasteiger partial charge in [-0.2, -0.15) is 0 Å². The Morgan fingerprint density at radius 2 is 2.10 bits per heavy atom. The molecule has 0 saturated carbocycles. The van der Waals surface area contributed by atoms with Gasteiger partial charge in [0.1, 0.15) is 16.8 Å². The number of imidazole rings is 1. The maximum absolute atomic E-state index is 13.2. The minimum absolute atomic E-state index is 0.0790. The first-order valence-corrected chi connectivity index (χ1v) is 6.18. The smallest absolute Gasteiger partial charge is 0.299 e. The number of carbonyl (C=O) groups is 2. The first-order chi connectivity index (χ1) is 9.49. The van der Waals surface area contributed by atoms with Gasteiger partial charge in [0.25, 0.3) is 11.7 Å². The summed E-state index contributed by atoms with van der Waals surface area (Å²) in [5, 5.41) is 0.428. The largest absolute Gasteiger partial charge is 0.321 e. The Kier molecular flexibility index (Phi) is 2.83. The van der Waals surface area contributed by atoms with Gasteiger partial charge in [-0.05, 0) is 18.2 Å². The van der Waals surface area contributed by atoms with E-state index in [9.17, 15) is 14.0 Å². The van der Waals surface area contributed by atoms with E-state index >= 15 is 0 Å². The number of fused-ring (bicyclic) bond motifs is 1. The fourth-order valence-electron chi connectivity index (χ4n) is 2.14. The number of ketones is 1. The van der Waals surface area contributed by atoms with Crippen molar-refractivity contribution < 1.29 is 14.0 Å². The molecule has 0 N–H and O–H groups in total. The molecule has 1 aliphatic heterocycles. The number of halogens is 2. The monoisotopic (exact) mass is 293 g/mol. The Balaban J connectivity index is 2.01. The van der Waals surface area contributed by atoms with E-state index in [1.165, 1.54) is 23.2 Å². The maximum atomic E-state index is 13.2. The Morgan fingerprint density at radius 3 is 2.75 bits per heavy atom. The van der Waals surface area contributed by atoms with Crippen LogP contribution in [0.1, 0.15) is 16.2 Å². The van der Waals surface area contributed by atoms with E-state index in [0.717, 1.165) is 6.07 Å². The summed E-state index contributed by atoms with van der Waals surface area (Å²) in [6, 6.07) is 3.70. The molecule has 0 atom stereocenters. The van der Waals surface area contributed by atoms with Gasteiger partial charge in [-0.3, -0.25) is 14.5 Å². The van der Waals surface area contributed by atoms with E-state index in [1.807, 2.05) is 0 Å². The summed E-state index contributed by atoms with van der Waals surface area (Å²) in [6.07, 6.45) is 1.46. The van der Waals surface area contributed by atoms with Crippen molar-refractivity contribution in [1.82, 2.24) is 9.55 Å². The molecule has 1 aliphatic rings. The third-order valence-electron chi connectivity index (χ3n) is 3.26. The van der Waals surface area contributed by atoms with Crippen LogP contribution in [0.4, 0.5) is 10.1 Å². The lowest BCUT2D eigenvalue weighted by Crippen LogP contribution is -2.30. The van der Waals surface area contributed by atoms with Gasteiger partial charge in [-0.1, -0.05) is 11.6 Å². The van der Waals surface area contributed by atoms with E-state index in [1.54, 1.807) is 11.6 Å². The lowest BCUT2D eigenvalue weighted by Gasteiger charge is -2.16. The number of Topliss-reactive ketones (excluding diaryl/α,β-unsaturated/α-hetero) is 1. The van der Waals surface area contributed by atoms with Crippen molar-refractivity contribution in [1.29, 1.82) is 0 Å². The van der Waals surface area contributed by atoms with Crippen molar-refractivity contribution in [3.63, 3.8) is 0 Å². The van der Waals surface area contributed by atoms with Crippen molar-refractivity contribution in [3.05, 3.63) is 46.8 Å². The Bertz CT molecular complexity index is 741. The number of rotatable bonds is 2. The third kappa shape index (κ3) is 1.80. The number of aromatic nitrogens is 2. The van der Waals surface area contributed by atoms with Crippen LogP contribution in [0.25, 0.3) is 0 Å². The van der Waals surface area contributed by atoms with Gasteiger partial charge in [0.15, 0.2) is 0 Å². The van der Waals surface area contributed by atoms with Gasteiger partial charge < -0.3 is 4.57 Å². The third-order valence-corrected chi connectivity index (χ3v) is 3.61. The van der Waals surface area contributed by atoms with Crippen LogP contribution in [0.2, 0.25) is 5.15 Å². The van der Waals surface area contributed by atoms with Gasteiger partial charge in [-0.25, -0.2) is 9.37 Å². The van der Waals surface area contributed by atoms with Gasteiger partial charge in [0.05, 0.1) is 24.0 Å². The summed E-state index contributed by atoms with van der Waals surface area (Å²) in [7, 11) is 1.71. The zero-order chi connectivity index (χ0) is 14.4. The Morgan fingerprint density at radius 1 is 1.35 bits per heavy atom. The topological polar surface area (TPSA) is 55.2 Å². The molecular weight excluding hydrogens is 285 g/mol. The van der Waals surface area contributed by atoms with Gasteiger partial charge in [0.2, 0.25) is 0 Å². The van der Waals surface area contributed by atoms with Crippen molar-refractivity contribution in [3.8, 4) is 0 Å². The average molecular weight is 294 g/mol. The van der Waals surface area contributed by atoms with Gasteiger partial charge in [0, 0.05) is 7.05 Å². The number of hydrogen-bond donors (Lipinski definition) is 0. The molecule has 0 saturated heterocycles. The van der Waals surface area contributed by atoms with E-state index < -0.39 is 17.5 Å². The first-order valence-electron chi connectivity index (χ1n) is 5.81. The second kappa shape index (κ2) is 4.42. The number of carbonyl (C=O) groups excluding carboxylic acids is 2. The standard InChI is InChI=1S/C13H9ClFN3O2/c1-17-10(14)5-16-11(17)6-18-9-3-2-7(15)4-8(9)12(19)13(18)20/h2-5H,6H2,1H3. The van der Waals surface area contributed by atoms with Gasteiger partial charge in [-0.15, -0.1) is 0 Å². The van der Waals surface area contributed by atoms with Crippen LogP contribution in [0.15, 0.2) is 24.4 Å². The van der Waals surface area contributed by atoms with Crippen LogP contribution in [-0.4, -0.2) is 21.2 Å². The van der Waals surface area contributed by atoms with E-state index in [-0.39, 0.29) is 12.1 Å². The number of benzene rings is 1. The zero-order valence-electron chi connectivity index (χ0n) is 10.4. The molecule has 1 amide bonds. The van der Waals surface area contributed by atoms with Crippen molar-refractivity contribution in [2.75, 3.05) is 4.90 Å². The highest BCUT2D eigenvalue weighted by Gasteiger charge is 2.36. The van der Waals surface area contributed by atoms with Crippen LogP contribution < -0.4 is 4.90 Å². The first kappa shape index (κ1) is 12.8. The molecule has 3 rings (SSSR count). The molecule has 0 bridgehead atoms. The van der Waals surface area contributed by atoms with Crippen molar-refractivity contribution in [2.24, 2.45) is 7.05 Å². The van der Waals surface area contributed by atoms with Crippen molar-refractivity contribution in [2.45, 2.75) is 6.54 Å². The molecule has 7 heteroatoms. The molecule has 1 aromatic carbocycles. The molecular formula is C13H9ClFN3O2. The minimum atomic E-state index is -0.709. The summed E-state index contributed by atoms with van der Waals surface area (Å²) in [4.78, 5) is 29.2. The Labute approximate surface area is 118 Å². The fraction of sp³-hybridized carbons (Fsp3) is 0.154. The van der Waals surface area contributed by atoms with Crippen LogP contribution in [0.3, 0.4) is 0 Å². The maximum Gasteiger partial charge on any atom is 0.299 e. The van der Waals surface area contributed by atoms with E-state index in [4.69, 9.17) is 11.6 Å². The van der Waals surface area contributed by atoms with E-state index in [2.05, 4.69) is 4.98 Å². The lowest BCUT2D eigenvalue weighted by atomic mass is 10.1. The van der Waals surface area contributed by atoms with Crippen LogP contribution >= 0.6 is 11.6 Å². The number of amides is 1. The second-order valence-corrected chi connectivity index (χ2v) is 4.83. The molecule has 0 spiro atoms. The molecule has 102 valence electrons. The van der Waals surface area contributed by atoms with Crippen molar-refractivity contribution >= 4 is 29.0 Å². The molecule has 0 unspecified atom stereocenters. The van der Waals surface area contributed by atoms with Crippen LogP contribution in [0.5, 0.6) is 0 Å². The van der Waals surface area contributed by atoms with Crippen LogP contribution in [0, 0.1) is 5.82 Å². The highest BCUT2D eigenvalue weighted by Crippen LogP contribution is 2.30. The fourth-order valence-corrected chi connectivity index (χ4v) is 2.29. The van der Waals surface area contributed by atoms with Gasteiger partial charge >= 0.3 is 0 Å². The molecule has 1 aromatic heterocycles. The van der Waals surface area contributed by atoms with E-state index in [0.29, 0.717) is 16.7 Å². The molecule has 0 radical (unpaired) electrons. The van der Waals surface area contributed by atoms with Crippen LogP contribution in [-0.2, 0) is 18.4 Å². The summed E-state index contributed by atoms with van der Waals surface area (Å²) in [5.74, 6) is -1.41. The Hall–Kier alpha value is -2.21. The SMILES string of the molecule is Cn1c(Cl)cnc1CN1C(=O)C(=O)c2cc(F)ccc21. The molecule has 20 heavy (non-hydrogen) atoms. The number of hydrogen-bond acceptors (Lipinski definition) is 3. The summed E-state index contributed by atoms with van der Waals surface area (Å²) in [5.41, 5.74) is 0.468. The number of anilines is 1. The molecule has 2 aromatic rings. The molecule has 5 nitrogen and oxygen atoms in total. The predicted octanol–water partition coefficient (Wildman–Crippen LogP) is 1.94. The highest BCUT2D eigenvalue weighted by molar-refractivity contribution is 6.52. The normalized spacial score (nSPS) is 14.1.